The van der Waals surface area contributed by atoms with Crippen molar-refractivity contribution < 1.29 is 9.53 Å². The molecule has 2 atom stereocenters. The summed E-state index contributed by atoms with van der Waals surface area (Å²) in [6.07, 6.45) is 4.26. The van der Waals surface area contributed by atoms with Crippen LogP contribution in [0, 0.1) is 6.92 Å². The summed E-state index contributed by atoms with van der Waals surface area (Å²) in [6, 6.07) is 11.8. The molecule has 2 aromatic carbocycles. The summed E-state index contributed by atoms with van der Waals surface area (Å²) in [5.41, 5.74) is 0.896. The van der Waals surface area contributed by atoms with Gasteiger partial charge in [0.05, 0.1) is 10.7 Å². The number of likely N-dealkylation sites (tertiary alicyclic amines) is 1. The number of aryl methyl sites for hydroxylation is 1. The molecule has 6 rings (SSSR count). The van der Waals surface area contributed by atoms with Crippen molar-refractivity contribution in [3.05, 3.63) is 70.3 Å². The Kier molecular flexibility index (Phi) is 8.07. The highest BCUT2D eigenvalue weighted by Crippen LogP contribution is 2.31. The van der Waals surface area contributed by atoms with Crippen molar-refractivity contribution in [3.63, 3.8) is 0 Å². The highest BCUT2D eigenvalue weighted by Gasteiger charge is 2.31. The summed E-state index contributed by atoms with van der Waals surface area (Å²) in [5, 5.41) is 2.23. The summed E-state index contributed by atoms with van der Waals surface area (Å²) in [4.78, 5) is 47.5. The van der Waals surface area contributed by atoms with Crippen molar-refractivity contribution in [1.29, 1.82) is 0 Å². The number of fused-ring (bicyclic) bond motifs is 2. The second kappa shape index (κ2) is 11.9. The van der Waals surface area contributed by atoms with Gasteiger partial charge >= 0.3 is 6.01 Å². The first-order valence-electron chi connectivity index (χ1n) is 14.8. The molecule has 10 nitrogen and oxygen atoms in total. The number of carbonyl (C=O) groups is 1. The number of likely N-dealkylation sites (N-methyl/N-ethyl adjacent to an activating group) is 1. The molecule has 224 valence electrons. The van der Waals surface area contributed by atoms with Gasteiger partial charge in [0.25, 0.3) is 5.56 Å². The molecule has 4 heterocycles. The third kappa shape index (κ3) is 5.34. The number of piperazine rings is 1. The second-order valence-corrected chi connectivity index (χ2v) is 11.7. The van der Waals surface area contributed by atoms with E-state index in [1.807, 2.05) is 41.3 Å². The topological polar surface area (TPSA) is 96.7 Å². The number of halogens is 1. The fourth-order valence-electron chi connectivity index (χ4n) is 6.34. The highest BCUT2D eigenvalue weighted by molar-refractivity contribution is 6.36. The van der Waals surface area contributed by atoms with Gasteiger partial charge in [0, 0.05) is 37.1 Å². The molecule has 0 saturated carbocycles. The molecule has 1 amide bonds. The zero-order valence-corrected chi connectivity index (χ0v) is 25.5. The van der Waals surface area contributed by atoms with Crippen LogP contribution >= 0.6 is 11.6 Å². The van der Waals surface area contributed by atoms with Crippen LogP contribution in [-0.4, -0.2) is 87.1 Å². The Morgan fingerprint density at radius 2 is 1.88 bits per heavy atom. The molecule has 2 aliphatic rings. The number of nitrogens with zero attached hydrogens (tertiary/aromatic N) is 7. The molecule has 0 radical (unpaired) electrons. The van der Waals surface area contributed by atoms with E-state index in [0.29, 0.717) is 54.1 Å². The monoisotopic (exact) mass is 601 g/mol. The number of carbonyl (C=O) groups excluding carboxylic acids is 1. The van der Waals surface area contributed by atoms with Gasteiger partial charge < -0.3 is 19.4 Å². The van der Waals surface area contributed by atoms with Crippen LogP contribution in [0.1, 0.15) is 32.0 Å². The van der Waals surface area contributed by atoms with Crippen LogP contribution in [0.15, 0.2) is 53.8 Å². The Morgan fingerprint density at radius 1 is 1.09 bits per heavy atom. The van der Waals surface area contributed by atoms with E-state index in [1.165, 1.54) is 6.08 Å². The summed E-state index contributed by atoms with van der Waals surface area (Å²) in [6.45, 7) is 10.5. The Balaban J connectivity index is 1.50. The lowest BCUT2D eigenvalue weighted by atomic mass is 10.1. The molecule has 2 fully saturated rings. The van der Waals surface area contributed by atoms with Gasteiger partial charge in [0.15, 0.2) is 11.3 Å². The van der Waals surface area contributed by atoms with Gasteiger partial charge in [-0.25, -0.2) is 4.98 Å². The second-order valence-electron chi connectivity index (χ2n) is 11.3. The van der Waals surface area contributed by atoms with Crippen LogP contribution in [0.2, 0.25) is 5.02 Å². The van der Waals surface area contributed by atoms with E-state index in [2.05, 4.69) is 35.3 Å². The van der Waals surface area contributed by atoms with E-state index >= 15 is 0 Å². The Bertz CT molecular complexity index is 1770. The van der Waals surface area contributed by atoms with E-state index in [-0.39, 0.29) is 35.1 Å². The van der Waals surface area contributed by atoms with Gasteiger partial charge in [0.2, 0.25) is 5.91 Å². The maximum Gasteiger partial charge on any atom is 0.319 e. The number of anilines is 1. The number of benzene rings is 2. The first-order valence-corrected chi connectivity index (χ1v) is 15.2. The molecular weight excluding hydrogens is 566 g/mol. The van der Waals surface area contributed by atoms with Crippen LogP contribution in [0.4, 0.5) is 5.82 Å². The molecule has 43 heavy (non-hydrogen) atoms. The van der Waals surface area contributed by atoms with Crippen molar-refractivity contribution in [2.75, 3.05) is 44.7 Å². The molecule has 0 unspecified atom stereocenters. The van der Waals surface area contributed by atoms with Crippen LogP contribution in [-0.2, 0) is 4.79 Å². The van der Waals surface area contributed by atoms with E-state index in [1.54, 1.807) is 11.5 Å². The minimum atomic E-state index is -0.325. The zero-order valence-electron chi connectivity index (χ0n) is 24.8. The lowest BCUT2D eigenvalue weighted by Gasteiger charge is -2.41. The van der Waals surface area contributed by atoms with Gasteiger partial charge in [0.1, 0.15) is 17.9 Å². The number of hydrogen-bond acceptors (Lipinski definition) is 8. The Morgan fingerprint density at radius 3 is 2.60 bits per heavy atom. The van der Waals surface area contributed by atoms with E-state index < -0.39 is 0 Å². The molecule has 11 heteroatoms. The van der Waals surface area contributed by atoms with Crippen LogP contribution < -0.4 is 15.2 Å². The molecule has 0 N–H and O–H groups in total. The summed E-state index contributed by atoms with van der Waals surface area (Å²) < 4.78 is 7.75. The lowest BCUT2D eigenvalue weighted by Crippen LogP contribution is -2.55. The summed E-state index contributed by atoms with van der Waals surface area (Å²) in [5.74, 6) is 0.935. The maximum atomic E-state index is 14.3. The largest absolute Gasteiger partial charge is 0.462 e. The normalized spacial score (nSPS) is 19.3. The van der Waals surface area contributed by atoms with Gasteiger partial charge in [-0.05, 0) is 63.4 Å². The van der Waals surface area contributed by atoms with Crippen molar-refractivity contribution in [3.8, 4) is 11.7 Å². The number of aromatic nitrogens is 4. The molecule has 0 bridgehead atoms. The fourth-order valence-corrected chi connectivity index (χ4v) is 6.61. The molecule has 2 aliphatic heterocycles. The molecule has 2 saturated heterocycles. The van der Waals surface area contributed by atoms with E-state index in [4.69, 9.17) is 26.3 Å². The number of ether oxygens (including phenoxy) is 1. The molecular formula is C32H36ClN7O3. The van der Waals surface area contributed by atoms with Crippen LogP contribution in [0.3, 0.4) is 0 Å². The van der Waals surface area contributed by atoms with E-state index in [0.717, 1.165) is 36.6 Å². The molecule has 0 spiro atoms. The number of rotatable bonds is 7. The summed E-state index contributed by atoms with van der Waals surface area (Å²) >= 11 is 6.65. The first-order chi connectivity index (χ1) is 20.8. The molecule has 2 aromatic heterocycles. The molecule has 4 aromatic rings. The van der Waals surface area contributed by atoms with Crippen molar-refractivity contribution in [2.45, 2.75) is 45.2 Å². The predicted octanol–water partition coefficient (Wildman–Crippen LogP) is 4.38. The van der Waals surface area contributed by atoms with Gasteiger partial charge in [-0.15, -0.1) is 0 Å². The Labute approximate surface area is 255 Å². The summed E-state index contributed by atoms with van der Waals surface area (Å²) in [7, 11) is 2.09. The first kappa shape index (κ1) is 29.1. The fraction of sp³-hybridized carbons (Fsp3) is 0.406. The smallest absolute Gasteiger partial charge is 0.319 e. The lowest BCUT2D eigenvalue weighted by molar-refractivity contribution is -0.128. The third-order valence-electron chi connectivity index (χ3n) is 8.71. The Hall–Kier alpha value is -4.02. The SMILES string of the molecule is C=CC(=O)N1CCN(c2nc(OC[C@@H]3CCCN3C)nc3c(=O)n(-c4cccc5cccc(Cl)c45)c(C)nc23)C[C@@H]1CC. The predicted molar refractivity (Wildman–Crippen MR) is 170 cm³/mol. The zero-order chi connectivity index (χ0) is 30.2. The van der Waals surface area contributed by atoms with Gasteiger partial charge in [-0.2, -0.15) is 9.97 Å². The number of hydrogen-bond donors (Lipinski definition) is 0. The van der Waals surface area contributed by atoms with Crippen LogP contribution in [0.5, 0.6) is 6.01 Å². The maximum absolute atomic E-state index is 14.3. The standard InChI is InChI=1S/C32H36ClN7O3/c1-5-22-18-38(16-17-39(22)26(41)6-2)30-28-29(35-32(36-30)43-19-23-12-9-15-37(23)4)31(42)40(20(3)34-28)25-14-8-11-21-10-7-13-24(33)27(21)25/h6-8,10-11,13-14,22-23H,2,5,9,12,15-19H2,1,3-4H3/t22-,23-/m0/s1. The number of amides is 1. The quantitative estimate of drug-likeness (QED) is 0.288. The van der Waals surface area contributed by atoms with Gasteiger partial charge in [-0.3, -0.25) is 14.2 Å². The molecule has 0 aliphatic carbocycles. The minimum absolute atomic E-state index is 0.0416. The minimum Gasteiger partial charge on any atom is -0.462 e. The van der Waals surface area contributed by atoms with Crippen molar-refractivity contribution in [2.24, 2.45) is 0 Å². The van der Waals surface area contributed by atoms with E-state index in [9.17, 15) is 9.59 Å². The van der Waals surface area contributed by atoms with Crippen molar-refractivity contribution >= 4 is 45.1 Å². The average Bonchev–Trinajstić information content (AvgIpc) is 3.43. The highest BCUT2D eigenvalue weighted by atomic mass is 35.5. The third-order valence-corrected chi connectivity index (χ3v) is 9.02. The van der Waals surface area contributed by atoms with Gasteiger partial charge in [-0.1, -0.05) is 49.4 Å². The van der Waals surface area contributed by atoms with Crippen molar-refractivity contribution in [1.82, 2.24) is 29.3 Å². The van der Waals surface area contributed by atoms with Crippen LogP contribution in [0.25, 0.3) is 27.5 Å². The average molecular weight is 602 g/mol.